The van der Waals surface area contributed by atoms with Gasteiger partial charge in [0.05, 0.1) is 6.42 Å². The fourth-order valence-corrected chi connectivity index (χ4v) is 2.81. The highest BCUT2D eigenvalue weighted by molar-refractivity contribution is 6.38. The van der Waals surface area contributed by atoms with Crippen LogP contribution in [0.1, 0.15) is 11.1 Å². The Bertz CT molecular complexity index is 595. The van der Waals surface area contributed by atoms with Gasteiger partial charge in [-0.1, -0.05) is 47.5 Å². The van der Waals surface area contributed by atoms with Crippen molar-refractivity contribution in [3.05, 3.63) is 57.6 Å². The fraction of sp³-hybridized carbons (Fsp3) is 0.200. The molecule has 0 aliphatic heterocycles. The number of ketones is 1. The third kappa shape index (κ3) is 3.50. The van der Waals surface area contributed by atoms with Gasteiger partial charge in [0, 0.05) is 28.1 Å². The van der Waals surface area contributed by atoms with Gasteiger partial charge in [-0.3, -0.25) is 9.59 Å². The predicted molar refractivity (Wildman–Crippen MR) is 77.9 cm³/mol. The number of carbonyl (C=O) groups excluding carboxylic acids is 1. The minimum atomic E-state index is -0.889. The highest BCUT2D eigenvalue weighted by atomic mass is 35.5. The van der Waals surface area contributed by atoms with Crippen LogP contribution in [0.5, 0.6) is 0 Å². The maximum absolute atomic E-state index is 11.3. The van der Waals surface area contributed by atoms with Crippen molar-refractivity contribution in [1.82, 2.24) is 0 Å². The second kappa shape index (κ2) is 6.25. The molecule has 1 N–H and O–H groups in total. The number of hydrogen-bond donors (Lipinski definition) is 1. The zero-order valence-electron chi connectivity index (χ0n) is 10.5. The smallest absolute Gasteiger partial charge is 0.307 e. The molecule has 2 rings (SSSR count). The number of allylic oxidation sites excluding steroid dienone is 4. The first-order valence-electron chi connectivity index (χ1n) is 6.04. The van der Waals surface area contributed by atoms with Gasteiger partial charge < -0.3 is 5.11 Å². The first-order chi connectivity index (χ1) is 9.47. The van der Waals surface area contributed by atoms with E-state index in [1.54, 1.807) is 12.1 Å². The van der Waals surface area contributed by atoms with Crippen molar-refractivity contribution in [3.8, 4) is 0 Å². The van der Waals surface area contributed by atoms with Crippen molar-refractivity contribution >= 4 is 35.0 Å². The maximum atomic E-state index is 11.3. The summed E-state index contributed by atoms with van der Waals surface area (Å²) in [5, 5.41) is 9.68. The molecule has 0 unspecified atom stereocenters. The first-order valence-corrected chi connectivity index (χ1v) is 6.79. The Morgan fingerprint density at radius 1 is 1.10 bits per heavy atom. The highest BCUT2D eigenvalue weighted by Gasteiger charge is 2.23. The third-order valence-corrected chi connectivity index (χ3v) is 3.86. The van der Waals surface area contributed by atoms with E-state index in [1.165, 1.54) is 12.2 Å². The van der Waals surface area contributed by atoms with Gasteiger partial charge in [0.2, 0.25) is 0 Å². The molecule has 0 saturated heterocycles. The Labute approximate surface area is 126 Å². The molecule has 0 spiro atoms. The van der Waals surface area contributed by atoms with E-state index in [0.29, 0.717) is 16.5 Å². The van der Waals surface area contributed by atoms with Crippen LogP contribution in [0.15, 0.2) is 46.5 Å². The largest absolute Gasteiger partial charge is 0.481 e. The average Bonchev–Trinajstić information content (AvgIpc) is 2.34. The SMILES string of the molecule is O=C1C=C(Cl)C(Cc2ccccc2CC(=O)O)C(Cl)=C1. The lowest BCUT2D eigenvalue weighted by atomic mass is 9.91. The van der Waals surface area contributed by atoms with Crippen molar-refractivity contribution in [2.75, 3.05) is 0 Å². The van der Waals surface area contributed by atoms with Crippen molar-refractivity contribution in [3.63, 3.8) is 0 Å². The van der Waals surface area contributed by atoms with E-state index >= 15 is 0 Å². The number of rotatable bonds is 4. The number of hydrogen-bond acceptors (Lipinski definition) is 2. The van der Waals surface area contributed by atoms with Gasteiger partial charge in [-0.05, 0) is 17.5 Å². The number of carbonyl (C=O) groups is 2. The Balaban J connectivity index is 2.26. The van der Waals surface area contributed by atoms with Gasteiger partial charge in [-0.25, -0.2) is 0 Å². The summed E-state index contributed by atoms with van der Waals surface area (Å²) < 4.78 is 0. The molecule has 0 fully saturated rings. The molecule has 1 aromatic carbocycles. The molecule has 0 aromatic heterocycles. The van der Waals surface area contributed by atoms with Crippen molar-refractivity contribution in [1.29, 1.82) is 0 Å². The zero-order valence-corrected chi connectivity index (χ0v) is 12.0. The van der Waals surface area contributed by atoms with E-state index in [-0.39, 0.29) is 18.1 Å². The molecule has 1 aliphatic carbocycles. The second-order valence-electron chi connectivity index (χ2n) is 4.56. The van der Waals surface area contributed by atoms with Crippen LogP contribution in [0.3, 0.4) is 0 Å². The summed E-state index contributed by atoms with van der Waals surface area (Å²) in [7, 11) is 0. The molecule has 0 saturated carbocycles. The van der Waals surface area contributed by atoms with Gasteiger partial charge >= 0.3 is 5.97 Å². The lowest BCUT2D eigenvalue weighted by Crippen LogP contribution is -2.14. The normalized spacial score (nSPS) is 15.8. The number of carboxylic acid groups (broad SMARTS) is 1. The fourth-order valence-electron chi connectivity index (χ4n) is 2.15. The summed E-state index contributed by atoms with van der Waals surface area (Å²) in [6, 6.07) is 7.25. The summed E-state index contributed by atoms with van der Waals surface area (Å²) in [5.74, 6) is -1.40. The molecule has 0 bridgehead atoms. The van der Waals surface area contributed by atoms with E-state index in [9.17, 15) is 9.59 Å². The van der Waals surface area contributed by atoms with Gasteiger partial charge in [0.15, 0.2) is 5.78 Å². The summed E-state index contributed by atoms with van der Waals surface area (Å²) in [6.45, 7) is 0. The number of aliphatic carboxylic acids is 1. The summed E-state index contributed by atoms with van der Waals surface area (Å²) in [4.78, 5) is 22.2. The summed E-state index contributed by atoms with van der Waals surface area (Å²) >= 11 is 12.2. The lowest BCUT2D eigenvalue weighted by molar-refractivity contribution is -0.136. The van der Waals surface area contributed by atoms with Crippen LogP contribution in [0.4, 0.5) is 0 Å². The Hall–Kier alpha value is -1.58. The minimum Gasteiger partial charge on any atom is -0.481 e. The van der Waals surface area contributed by atoms with Crippen molar-refractivity contribution in [2.24, 2.45) is 5.92 Å². The van der Waals surface area contributed by atoms with Crippen LogP contribution < -0.4 is 0 Å². The van der Waals surface area contributed by atoms with E-state index < -0.39 is 5.97 Å². The van der Waals surface area contributed by atoms with Crippen LogP contribution in [0.25, 0.3) is 0 Å². The lowest BCUT2D eigenvalue weighted by Gasteiger charge is -2.20. The standard InChI is InChI=1S/C15H12Cl2O3/c16-13-7-11(18)8-14(17)12(13)5-9-3-1-2-4-10(9)6-15(19)20/h1-4,7-8,12H,5-6H2,(H,19,20). The van der Waals surface area contributed by atoms with E-state index in [4.69, 9.17) is 28.3 Å². The predicted octanol–water partition coefficient (Wildman–Crippen LogP) is 3.30. The Morgan fingerprint density at radius 2 is 1.65 bits per heavy atom. The van der Waals surface area contributed by atoms with Crippen LogP contribution in [-0.4, -0.2) is 16.9 Å². The first kappa shape index (κ1) is 14.8. The van der Waals surface area contributed by atoms with E-state index in [0.717, 1.165) is 11.1 Å². The molecule has 0 amide bonds. The molecule has 0 heterocycles. The minimum absolute atomic E-state index is 0.0511. The summed E-state index contributed by atoms with van der Waals surface area (Å²) in [6.07, 6.45) is 3.11. The molecule has 1 aromatic rings. The van der Waals surface area contributed by atoms with E-state index in [2.05, 4.69) is 0 Å². The van der Waals surface area contributed by atoms with Crippen LogP contribution >= 0.6 is 23.2 Å². The van der Waals surface area contributed by atoms with Crippen molar-refractivity contribution < 1.29 is 14.7 Å². The molecular weight excluding hydrogens is 299 g/mol. The molecule has 1 aliphatic rings. The van der Waals surface area contributed by atoms with Gasteiger partial charge in [0.25, 0.3) is 0 Å². The molecule has 104 valence electrons. The number of benzene rings is 1. The maximum Gasteiger partial charge on any atom is 0.307 e. The monoisotopic (exact) mass is 310 g/mol. The Kier molecular flexibility index (Phi) is 4.63. The average molecular weight is 311 g/mol. The topological polar surface area (TPSA) is 54.4 Å². The second-order valence-corrected chi connectivity index (χ2v) is 5.43. The van der Waals surface area contributed by atoms with Gasteiger partial charge in [-0.15, -0.1) is 0 Å². The van der Waals surface area contributed by atoms with Crippen LogP contribution in [-0.2, 0) is 22.4 Å². The molecular formula is C15H12Cl2O3. The molecule has 3 nitrogen and oxygen atoms in total. The zero-order chi connectivity index (χ0) is 14.7. The van der Waals surface area contributed by atoms with Crippen LogP contribution in [0, 0.1) is 5.92 Å². The van der Waals surface area contributed by atoms with E-state index in [1.807, 2.05) is 12.1 Å². The number of carboxylic acids is 1. The van der Waals surface area contributed by atoms with Gasteiger partial charge in [0.1, 0.15) is 0 Å². The Morgan fingerprint density at radius 3 is 2.20 bits per heavy atom. The third-order valence-electron chi connectivity index (χ3n) is 3.11. The molecule has 0 atom stereocenters. The molecule has 0 radical (unpaired) electrons. The highest BCUT2D eigenvalue weighted by Crippen LogP contribution is 2.33. The van der Waals surface area contributed by atoms with Crippen molar-refractivity contribution in [2.45, 2.75) is 12.8 Å². The molecule has 20 heavy (non-hydrogen) atoms. The van der Waals surface area contributed by atoms with Gasteiger partial charge in [-0.2, -0.15) is 0 Å². The van der Waals surface area contributed by atoms with Crippen LogP contribution in [0.2, 0.25) is 0 Å². The molecule has 5 heteroatoms. The number of halogens is 2. The quantitative estimate of drug-likeness (QED) is 0.928. The summed E-state index contributed by atoms with van der Waals surface area (Å²) in [5.41, 5.74) is 1.60.